The summed E-state index contributed by atoms with van der Waals surface area (Å²) in [6.45, 7) is 2.23. The molecule has 0 spiro atoms. The SMILES string of the molecule is CC1=C(c2cccc(-c3ccc4c(c3)oc3ccccc34)c2)NC(c2cccc3oc4ccc(-c5ccc6c(c5)c5ccccc5n6-c5ccccc5)cc4c23)N=C(c2ccccc2)C1. The Morgan fingerprint density at radius 2 is 1.05 bits per heavy atom. The van der Waals surface area contributed by atoms with Crippen molar-refractivity contribution in [2.45, 2.75) is 19.5 Å². The maximum Gasteiger partial charge on any atom is 0.145 e. The van der Waals surface area contributed by atoms with Crippen LogP contribution in [0.3, 0.4) is 0 Å². The van der Waals surface area contributed by atoms with E-state index in [0.717, 1.165) is 99.9 Å². The Hall–Kier alpha value is -8.41. The van der Waals surface area contributed by atoms with E-state index in [1.165, 1.54) is 27.4 Å². The van der Waals surface area contributed by atoms with Gasteiger partial charge in [-0.15, -0.1) is 0 Å². The molecule has 9 aromatic carbocycles. The predicted octanol–water partition coefficient (Wildman–Crippen LogP) is 15.8. The molecule has 1 unspecified atom stereocenters. The molecule has 5 heteroatoms. The van der Waals surface area contributed by atoms with Gasteiger partial charge in [-0.25, -0.2) is 0 Å². The largest absolute Gasteiger partial charge is 0.456 e. The second kappa shape index (κ2) is 14.9. The van der Waals surface area contributed by atoms with E-state index < -0.39 is 6.17 Å². The van der Waals surface area contributed by atoms with E-state index in [1.54, 1.807) is 0 Å². The van der Waals surface area contributed by atoms with Crippen molar-refractivity contribution in [1.29, 1.82) is 0 Å². The van der Waals surface area contributed by atoms with Crippen LogP contribution in [0.5, 0.6) is 0 Å². The first-order valence-corrected chi connectivity index (χ1v) is 22.3. The van der Waals surface area contributed by atoms with Crippen LogP contribution >= 0.6 is 0 Å². The lowest BCUT2D eigenvalue weighted by molar-refractivity contribution is 0.661. The zero-order valence-corrected chi connectivity index (χ0v) is 35.6. The minimum absolute atomic E-state index is 0.401. The summed E-state index contributed by atoms with van der Waals surface area (Å²) in [6, 6.07) is 73.3. The molecule has 0 aliphatic carbocycles. The molecule has 1 atom stereocenters. The Kier molecular flexibility index (Phi) is 8.50. The van der Waals surface area contributed by atoms with Crippen molar-refractivity contribution in [2.75, 3.05) is 0 Å². The minimum atomic E-state index is -0.401. The molecule has 1 N–H and O–H groups in total. The van der Waals surface area contributed by atoms with Gasteiger partial charge in [0.1, 0.15) is 28.5 Å². The lowest BCUT2D eigenvalue weighted by Gasteiger charge is -2.20. The molecule has 65 heavy (non-hydrogen) atoms. The van der Waals surface area contributed by atoms with Gasteiger partial charge in [0.05, 0.1) is 11.0 Å². The quantitative estimate of drug-likeness (QED) is 0.182. The molecule has 5 nitrogen and oxygen atoms in total. The lowest BCUT2D eigenvalue weighted by Crippen LogP contribution is -2.19. The van der Waals surface area contributed by atoms with Crippen LogP contribution in [0.4, 0.5) is 0 Å². The van der Waals surface area contributed by atoms with Gasteiger partial charge in [-0.05, 0) is 119 Å². The van der Waals surface area contributed by atoms with Gasteiger partial charge in [-0.1, -0.05) is 133 Å². The van der Waals surface area contributed by atoms with Crippen molar-refractivity contribution >= 4 is 77.1 Å². The molecule has 0 amide bonds. The standard InChI is InChI=1S/C60H41N3O2/c1-37-32-51(38-14-4-2-5-15-38)61-60(62-59(37)43-17-12-16-39(33-43)42-26-29-47-46-21-9-11-24-54(46)65-57(47)36-42)48-22-13-25-56-58(48)50-35-41(28-31-55(50)64-56)40-27-30-53-49(34-40)45-20-8-10-23-52(45)63(53)44-18-6-3-7-19-44/h2-31,33-36,60,62H,32H2,1H3. The Morgan fingerprint density at radius 1 is 0.446 bits per heavy atom. The number of allylic oxidation sites excluding steroid dienone is 1. The van der Waals surface area contributed by atoms with Gasteiger partial charge < -0.3 is 18.7 Å². The third kappa shape index (κ3) is 6.19. The molecule has 0 fully saturated rings. The summed E-state index contributed by atoms with van der Waals surface area (Å²) in [5.74, 6) is 0. The Balaban J connectivity index is 0.929. The van der Waals surface area contributed by atoms with Gasteiger partial charge in [-0.3, -0.25) is 4.99 Å². The number of para-hydroxylation sites is 3. The number of nitrogens with zero attached hydrogens (tertiary/aromatic N) is 2. The summed E-state index contributed by atoms with van der Waals surface area (Å²) in [6.07, 6.45) is 0.301. The Morgan fingerprint density at radius 3 is 1.92 bits per heavy atom. The van der Waals surface area contributed by atoms with Gasteiger partial charge in [0, 0.05) is 61.4 Å². The highest BCUT2D eigenvalue weighted by Gasteiger charge is 2.25. The van der Waals surface area contributed by atoms with E-state index in [0.29, 0.717) is 6.42 Å². The lowest BCUT2D eigenvalue weighted by atomic mass is 9.96. The zero-order chi connectivity index (χ0) is 43.0. The van der Waals surface area contributed by atoms with Crippen LogP contribution in [0.1, 0.15) is 36.2 Å². The average Bonchev–Trinajstić information content (AvgIpc) is 4.00. The Labute approximate surface area is 375 Å². The summed E-state index contributed by atoms with van der Waals surface area (Å²) >= 11 is 0. The van der Waals surface area contributed by atoms with Gasteiger partial charge in [0.2, 0.25) is 0 Å². The highest BCUT2D eigenvalue weighted by molar-refractivity contribution is 6.12. The van der Waals surface area contributed by atoms with E-state index in [4.69, 9.17) is 13.8 Å². The van der Waals surface area contributed by atoms with E-state index >= 15 is 0 Å². The number of aromatic nitrogens is 1. The molecular formula is C60H41N3O2. The summed E-state index contributed by atoms with van der Waals surface area (Å²) in [5.41, 5.74) is 18.1. The van der Waals surface area contributed by atoms with E-state index in [2.05, 4.69) is 211 Å². The number of aliphatic imine (C=N–C) groups is 1. The van der Waals surface area contributed by atoms with Gasteiger partial charge in [0.25, 0.3) is 0 Å². The van der Waals surface area contributed by atoms with Crippen molar-refractivity contribution in [3.8, 4) is 27.9 Å². The zero-order valence-electron chi connectivity index (χ0n) is 35.6. The van der Waals surface area contributed by atoms with Crippen LogP contribution < -0.4 is 5.32 Å². The van der Waals surface area contributed by atoms with Gasteiger partial charge in [-0.2, -0.15) is 0 Å². The van der Waals surface area contributed by atoms with Crippen molar-refractivity contribution < 1.29 is 8.83 Å². The normalized spacial score (nSPS) is 14.5. The molecule has 1 aliphatic rings. The van der Waals surface area contributed by atoms with Crippen LogP contribution in [-0.4, -0.2) is 10.3 Å². The third-order valence-electron chi connectivity index (χ3n) is 13.2. The van der Waals surface area contributed by atoms with E-state index in [9.17, 15) is 0 Å². The van der Waals surface area contributed by atoms with E-state index in [1.807, 2.05) is 12.1 Å². The number of benzene rings is 9. The summed E-state index contributed by atoms with van der Waals surface area (Å²) in [4.78, 5) is 5.59. The molecule has 13 rings (SSSR count). The van der Waals surface area contributed by atoms with Gasteiger partial charge in [0.15, 0.2) is 0 Å². The fourth-order valence-electron chi connectivity index (χ4n) is 10.1. The molecule has 308 valence electrons. The summed E-state index contributed by atoms with van der Waals surface area (Å²) in [5, 5.41) is 10.8. The summed E-state index contributed by atoms with van der Waals surface area (Å²) in [7, 11) is 0. The number of furan rings is 2. The topological polar surface area (TPSA) is 55.6 Å². The smallest absolute Gasteiger partial charge is 0.145 e. The first-order valence-electron chi connectivity index (χ1n) is 22.3. The van der Waals surface area contributed by atoms with Crippen LogP contribution in [-0.2, 0) is 0 Å². The average molecular weight is 836 g/mol. The van der Waals surface area contributed by atoms with Crippen LogP contribution in [0.25, 0.3) is 99.3 Å². The minimum Gasteiger partial charge on any atom is -0.456 e. The number of hydrogen-bond acceptors (Lipinski definition) is 4. The monoisotopic (exact) mass is 835 g/mol. The fraction of sp³-hybridized carbons (Fsp3) is 0.0500. The molecule has 1 aliphatic heterocycles. The highest BCUT2D eigenvalue weighted by atomic mass is 16.3. The predicted molar refractivity (Wildman–Crippen MR) is 269 cm³/mol. The van der Waals surface area contributed by atoms with Crippen LogP contribution in [0, 0.1) is 0 Å². The molecule has 0 radical (unpaired) electrons. The maximum absolute atomic E-state index is 6.65. The molecule has 12 aromatic rings. The molecule has 0 bridgehead atoms. The number of nitrogens with one attached hydrogen (secondary N) is 1. The van der Waals surface area contributed by atoms with E-state index in [-0.39, 0.29) is 0 Å². The van der Waals surface area contributed by atoms with Gasteiger partial charge >= 0.3 is 0 Å². The van der Waals surface area contributed by atoms with Crippen molar-refractivity contribution in [2.24, 2.45) is 4.99 Å². The molecule has 0 saturated carbocycles. The number of hydrogen-bond donors (Lipinski definition) is 1. The van der Waals surface area contributed by atoms with Crippen molar-refractivity contribution in [1.82, 2.24) is 9.88 Å². The molecule has 4 heterocycles. The van der Waals surface area contributed by atoms with Crippen molar-refractivity contribution in [3.63, 3.8) is 0 Å². The fourth-order valence-corrected chi connectivity index (χ4v) is 10.1. The second-order valence-corrected chi connectivity index (χ2v) is 17.2. The maximum atomic E-state index is 6.65. The highest BCUT2D eigenvalue weighted by Crippen LogP contribution is 2.41. The third-order valence-corrected chi connectivity index (χ3v) is 13.2. The first-order chi connectivity index (χ1) is 32.1. The van der Waals surface area contributed by atoms with Crippen LogP contribution in [0.15, 0.2) is 226 Å². The molecule has 3 aromatic heterocycles. The second-order valence-electron chi connectivity index (χ2n) is 17.2. The number of rotatable bonds is 6. The Bertz CT molecular complexity index is 3900. The molecule has 0 saturated heterocycles. The number of fused-ring (bicyclic) bond motifs is 9. The first kappa shape index (κ1) is 37.2. The summed E-state index contributed by atoms with van der Waals surface area (Å²) < 4.78 is 15.3. The van der Waals surface area contributed by atoms with Crippen molar-refractivity contribution in [3.05, 3.63) is 229 Å². The molecular weight excluding hydrogens is 795 g/mol. The van der Waals surface area contributed by atoms with Crippen LogP contribution in [0.2, 0.25) is 0 Å².